The SMILES string of the molecule is Cl.NCCCC[C@H](N)C(=O)NCC(=O)O.NCCCC[C@H](N)C(=O)O.NCCCC[C@H](N)C(=O)O. The van der Waals surface area contributed by atoms with Crippen LogP contribution in [0, 0.1) is 0 Å². The fourth-order valence-corrected chi connectivity index (χ4v) is 2.20. The van der Waals surface area contributed by atoms with Crippen LogP contribution in [0.15, 0.2) is 0 Å². The van der Waals surface area contributed by atoms with Crippen LogP contribution in [0.5, 0.6) is 0 Å². The standard InChI is InChI=1S/C8H17N3O3.2C6H14N2O2.ClH/c9-4-2-1-3-6(10)8(14)11-5-7(12)13;2*7-4-2-1-3-5(8)6(9)10;/h6H,1-5,9-10H2,(H,11,14)(H,12,13);2*5H,1-4,7-8H2,(H,9,10);1H/t6-;2*5-;/m000./s1. The molecule has 35 heavy (non-hydrogen) atoms. The minimum Gasteiger partial charge on any atom is -0.480 e. The molecule has 3 atom stereocenters. The monoisotopic (exact) mass is 531 g/mol. The van der Waals surface area contributed by atoms with Crippen LogP contribution in [-0.4, -0.2) is 83.4 Å². The second kappa shape index (κ2) is 28.2. The number of amides is 1. The smallest absolute Gasteiger partial charge is 0.322 e. The van der Waals surface area contributed by atoms with Gasteiger partial charge in [0.05, 0.1) is 6.04 Å². The molecule has 0 fully saturated rings. The van der Waals surface area contributed by atoms with Gasteiger partial charge in [0, 0.05) is 0 Å². The molecule has 0 unspecified atom stereocenters. The summed E-state index contributed by atoms with van der Waals surface area (Å²) in [6.45, 7) is 1.39. The Bertz CT molecular complexity index is 534. The Hall–Kier alpha value is -2.07. The van der Waals surface area contributed by atoms with E-state index in [0.29, 0.717) is 38.9 Å². The molecule has 0 aliphatic rings. The highest BCUT2D eigenvalue weighted by atomic mass is 35.5. The highest BCUT2D eigenvalue weighted by Crippen LogP contribution is 1.98. The Morgan fingerprint density at radius 1 is 0.600 bits per heavy atom. The minimum absolute atomic E-state index is 0. The zero-order valence-electron chi connectivity index (χ0n) is 20.3. The van der Waals surface area contributed by atoms with Crippen molar-refractivity contribution in [2.45, 2.75) is 75.9 Å². The third-order valence-corrected chi connectivity index (χ3v) is 4.29. The lowest BCUT2D eigenvalue weighted by Gasteiger charge is -2.10. The average molecular weight is 532 g/mol. The first kappa shape index (κ1) is 40.1. The lowest BCUT2D eigenvalue weighted by Crippen LogP contribution is -2.42. The number of carboxylic acid groups (broad SMARTS) is 3. The Morgan fingerprint density at radius 2 is 0.914 bits per heavy atom. The molecule has 0 saturated carbocycles. The molecule has 210 valence electrons. The number of carboxylic acids is 3. The first-order chi connectivity index (χ1) is 15.9. The highest BCUT2D eigenvalue weighted by molar-refractivity contribution is 5.85. The van der Waals surface area contributed by atoms with Crippen LogP contribution in [0.1, 0.15) is 57.8 Å². The number of unbranched alkanes of at least 4 members (excludes halogenated alkanes) is 3. The van der Waals surface area contributed by atoms with Crippen molar-refractivity contribution in [3.05, 3.63) is 0 Å². The summed E-state index contributed by atoms with van der Waals surface area (Å²) in [6, 6.07) is -2.07. The molecule has 0 aromatic rings. The van der Waals surface area contributed by atoms with Gasteiger partial charge in [-0.3, -0.25) is 19.2 Å². The van der Waals surface area contributed by atoms with Crippen molar-refractivity contribution in [2.75, 3.05) is 26.2 Å². The molecule has 0 heterocycles. The quantitative estimate of drug-likeness (QED) is 0.0919. The van der Waals surface area contributed by atoms with Gasteiger partial charge in [0.15, 0.2) is 0 Å². The Labute approximate surface area is 212 Å². The molecular formula is C20H46ClN7O7. The van der Waals surface area contributed by atoms with Crippen molar-refractivity contribution in [2.24, 2.45) is 34.4 Å². The zero-order valence-corrected chi connectivity index (χ0v) is 21.1. The Kier molecular flexibility index (Phi) is 32.3. The molecule has 1 amide bonds. The molecule has 0 aliphatic heterocycles. The maximum atomic E-state index is 11.1. The van der Waals surface area contributed by atoms with E-state index in [1.54, 1.807) is 0 Å². The lowest BCUT2D eigenvalue weighted by atomic mass is 10.1. The van der Waals surface area contributed by atoms with Gasteiger partial charge in [0.25, 0.3) is 0 Å². The van der Waals surface area contributed by atoms with Crippen LogP contribution < -0.4 is 39.7 Å². The second-order valence-electron chi connectivity index (χ2n) is 7.46. The first-order valence-corrected chi connectivity index (χ1v) is 11.3. The first-order valence-electron chi connectivity index (χ1n) is 11.3. The van der Waals surface area contributed by atoms with Crippen molar-refractivity contribution >= 4 is 36.2 Å². The number of carbonyl (C=O) groups is 4. The van der Waals surface area contributed by atoms with E-state index < -0.39 is 41.9 Å². The van der Waals surface area contributed by atoms with E-state index in [2.05, 4.69) is 5.32 Å². The van der Waals surface area contributed by atoms with E-state index in [-0.39, 0.29) is 19.0 Å². The zero-order chi connectivity index (χ0) is 26.9. The van der Waals surface area contributed by atoms with Gasteiger partial charge < -0.3 is 55.0 Å². The van der Waals surface area contributed by atoms with Crippen LogP contribution in [0.25, 0.3) is 0 Å². The number of halogens is 1. The van der Waals surface area contributed by atoms with Crippen molar-refractivity contribution < 1.29 is 34.5 Å². The summed E-state index contributed by atoms with van der Waals surface area (Å²) >= 11 is 0. The molecule has 16 N–H and O–H groups in total. The molecule has 0 saturated heterocycles. The van der Waals surface area contributed by atoms with Crippen molar-refractivity contribution in [3.8, 4) is 0 Å². The van der Waals surface area contributed by atoms with Crippen LogP contribution in [0.2, 0.25) is 0 Å². The number of nitrogens with one attached hydrogen (secondary N) is 1. The van der Waals surface area contributed by atoms with E-state index >= 15 is 0 Å². The Morgan fingerprint density at radius 3 is 1.17 bits per heavy atom. The number of rotatable bonds is 17. The van der Waals surface area contributed by atoms with Gasteiger partial charge in [0.1, 0.15) is 18.6 Å². The van der Waals surface area contributed by atoms with Crippen LogP contribution >= 0.6 is 12.4 Å². The molecular weight excluding hydrogens is 486 g/mol. The van der Waals surface area contributed by atoms with Crippen LogP contribution in [-0.2, 0) is 19.2 Å². The Balaban J connectivity index is -0.000000208. The molecule has 15 heteroatoms. The summed E-state index contributed by atoms with van der Waals surface area (Å²) in [4.78, 5) is 41.5. The molecule has 0 bridgehead atoms. The van der Waals surface area contributed by atoms with Gasteiger partial charge >= 0.3 is 17.9 Å². The normalized spacial score (nSPS) is 12.3. The van der Waals surface area contributed by atoms with E-state index in [1.165, 1.54) is 0 Å². The topological polar surface area (TPSA) is 297 Å². The van der Waals surface area contributed by atoms with Gasteiger partial charge in [0.2, 0.25) is 5.91 Å². The number of carbonyl (C=O) groups excluding carboxylic acids is 1. The molecule has 0 spiro atoms. The molecule has 0 aliphatic carbocycles. The summed E-state index contributed by atoms with van der Waals surface area (Å²) in [7, 11) is 0. The summed E-state index contributed by atoms with van der Waals surface area (Å²) in [5, 5.41) is 27.2. The summed E-state index contributed by atoms with van der Waals surface area (Å²) in [5.41, 5.74) is 31.6. The summed E-state index contributed by atoms with van der Waals surface area (Å²) in [6.07, 6.45) is 6.45. The van der Waals surface area contributed by atoms with Crippen molar-refractivity contribution in [1.29, 1.82) is 0 Å². The summed E-state index contributed by atoms with van der Waals surface area (Å²) < 4.78 is 0. The third-order valence-electron chi connectivity index (χ3n) is 4.29. The number of hydrogen-bond donors (Lipinski definition) is 10. The van der Waals surface area contributed by atoms with Gasteiger partial charge in [-0.05, 0) is 58.2 Å². The maximum absolute atomic E-state index is 11.1. The van der Waals surface area contributed by atoms with E-state index in [4.69, 9.17) is 49.7 Å². The fourth-order valence-electron chi connectivity index (χ4n) is 2.20. The second-order valence-corrected chi connectivity index (χ2v) is 7.46. The maximum Gasteiger partial charge on any atom is 0.322 e. The third kappa shape index (κ3) is 31.9. The van der Waals surface area contributed by atoms with Crippen molar-refractivity contribution in [3.63, 3.8) is 0 Å². The van der Waals surface area contributed by atoms with Crippen LogP contribution in [0.4, 0.5) is 0 Å². The minimum atomic E-state index is -1.08. The van der Waals surface area contributed by atoms with Gasteiger partial charge in [-0.2, -0.15) is 0 Å². The number of nitrogens with two attached hydrogens (primary N) is 6. The molecule has 0 aromatic heterocycles. The van der Waals surface area contributed by atoms with Gasteiger partial charge in [-0.15, -0.1) is 12.4 Å². The predicted molar refractivity (Wildman–Crippen MR) is 136 cm³/mol. The van der Waals surface area contributed by atoms with E-state index in [0.717, 1.165) is 38.5 Å². The van der Waals surface area contributed by atoms with E-state index in [1.807, 2.05) is 0 Å². The molecule has 0 radical (unpaired) electrons. The van der Waals surface area contributed by atoms with Gasteiger partial charge in [-0.25, -0.2) is 0 Å². The molecule has 0 rings (SSSR count). The fraction of sp³-hybridized carbons (Fsp3) is 0.800. The largest absolute Gasteiger partial charge is 0.480 e. The van der Waals surface area contributed by atoms with Crippen molar-refractivity contribution in [1.82, 2.24) is 5.32 Å². The van der Waals surface area contributed by atoms with Crippen LogP contribution in [0.3, 0.4) is 0 Å². The molecule has 0 aromatic carbocycles. The number of hydrogen-bond acceptors (Lipinski definition) is 10. The lowest BCUT2D eigenvalue weighted by molar-refractivity contribution is -0.139. The van der Waals surface area contributed by atoms with E-state index in [9.17, 15) is 19.2 Å². The summed E-state index contributed by atoms with van der Waals surface area (Å²) in [5.74, 6) is -3.37. The predicted octanol–water partition coefficient (Wildman–Crippen LogP) is -1.88. The highest BCUT2D eigenvalue weighted by Gasteiger charge is 2.13. The van der Waals surface area contributed by atoms with Gasteiger partial charge in [-0.1, -0.05) is 19.3 Å². The average Bonchev–Trinajstić information content (AvgIpc) is 2.78. The molecule has 14 nitrogen and oxygen atoms in total. The number of aliphatic carboxylic acids is 3.